The molecule has 1 aromatic carbocycles. The van der Waals surface area contributed by atoms with Gasteiger partial charge in [-0.05, 0) is 24.5 Å². The third-order valence-electron chi connectivity index (χ3n) is 2.81. The summed E-state index contributed by atoms with van der Waals surface area (Å²) in [4.78, 5) is 23.2. The maximum atomic E-state index is 12.1. The number of nitrogen functional groups attached to an aromatic ring is 1. The average Bonchev–Trinajstić information content (AvgIpc) is 2.36. The molecule has 0 saturated heterocycles. The fourth-order valence-corrected chi connectivity index (χ4v) is 1.80. The first kappa shape index (κ1) is 15.8. The molecule has 0 heterocycles. The van der Waals surface area contributed by atoms with Crippen molar-refractivity contribution in [1.29, 1.82) is 0 Å². The summed E-state index contributed by atoms with van der Waals surface area (Å²) in [5.74, 6) is -0.863. The number of aliphatic carboxylic acids is 1. The number of nitrogens with two attached hydrogens (primary N) is 1. The highest BCUT2D eigenvalue weighted by Crippen LogP contribution is 2.19. The van der Waals surface area contributed by atoms with Gasteiger partial charge in [0.15, 0.2) is 0 Å². The minimum absolute atomic E-state index is 0.157. The van der Waals surface area contributed by atoms with Crippen LogP contribution in [0.3, 0.4) is 0 Å². The molecular formula is C14H20N2O4. The highest BCUT2D eigenvalue weighted by molar-refractivity contribution is 6.01. The lowest BCUT2D eigenvalue weighted by Gasteiger charge is -2.17. The Morgan fingerprint density at radius 3 is 2.50 bits per heavy atom. The largest absolute Gasteiger partial charge is 0.497 e. The number of carboxylic acid groups (broad SMARTS) is 1. The predicted octanol–water partition coefficient (Wildman–Crippen LogP) is 1.51. The molecule has 6 nitrogen and oxygen atoms in total. The number of nitrogens with one attached hydrogen (secondary N) is 1. The summed E-state index contributed by atoms with van der Waals surface area (Å²) in [6, 6.07) is 3.71. The van der Waals surface area contributed by atoms with E-state index in [0.29, 0.717) is 12.2 Å². The van der Waals surface area contributed by atoms with Crippen LogP contribution in [0.2, 0.25) is 0 Å². The van der Waals surface area contributed by atoms with Crippen molar-refractivity contribution in [3.8, 4) is 5.75 Å². The Bertz CT molecular complexity index is 500. The lowest BCUT2D eigenvalue weighted by molar-refractivity contribution is -0.139. The molecule has 0 aromatic heterocycles. The van der Waals surface area contributed by atoms with E-state index in [2.05, 4.69) is 5.32 Å². The third-order valence-corrected chi connectivity index (χ3v) is 2.81. The van der Waals surface area contributed by atoms with Gasteiger partial charge in [0.25, 0.3) is 5.91 Å². The van der Waals surface area contributed by atoms with Gasteiger partial charge in [0.05, 0.1) is 12.7 Å². The molecule has 6 heteroatoms. The normalized spacial score (nSPS) is 12.0. The summed E-state index contributed by atoms with van der Waals surface area (Å²) >= 11 is 0. The monoisotopic (exact) mass is 280 g/mol. The second-order valence-electron chi connectivity index (χ2n) is 4.95. The molecule has 1 rings (SSSR count). The molecule has 1 amide bonds. The van der Waals surface area contributed by atoms with E-state index in [1.165, 1.54) is 19.2 Å². The molecule has 1 atom stereocenters. The van der Waals surface area contributed by atoms with Gasteiger partial charge < -0.3 is 20.9 Å². The van der Waals surface area contributed by atoms with Gasteiger partial charge >= 0.3 is 5.97 Å². The van der Waals surface area contributed by atoms with Crippen LogP contribution in [0.5, 0.6) is 5.75 Å². The number of benzene rings is 1. The lowest BCUT2D eigenvalue weighted by Crippen LogP contribution is -2.41. The van der Waals surface area contributed by atoms with Crippen molar-refractivity contribution in [3.63, 3.8) is 0 Å². The van der Waals surface area contributed by atoms with Crippen LogP contribution in [-0.4, -0.2) is 30.1 Å². The first-order valence-corrected chi connectivity index (χ1v) is 6.32. The van der Waals surface area contributed by atoms with Crippen LogP contribution >= 0.6 is 0 Å². The van der Waals surface area contributed by atoms with E-state index in [4.69, 9.17) is 15.6 Å². The minimum atomic E-state index is -1.06. The molecule has 1 aromatic rings. The van der Waals surface area contributed by atoms with Crippen molar-refractivity contribution in [2.24, 2.45) is 5.92 Å². The fraction of sp³-hybridized carbons (Fsp3) is 0.429. The standard InChI is InChI=1S/C14H20N2O4/c1-8(2)6-12(14(18)19)16-13(17)10-5-4-9(20-3)7-11(10)15/h4-5,7-8,12H,6,15H2,1-3H3,(H,16,17)(H,18,19). The van der Waals surface area contributed by atoms with Crippen molar-refractivity contribution in [2.45, 2.75) is 26.3 Å². The summed E-state index contributed by atoms with van der Waals surface area (Å²) < 4.78 is 5.00. The quantitative estimate of drug-likeness (QED) is 0.685. The third kappa shape index (κ3) is 4.15. The molecule has 20 heavy (non-hydrogen) atoms. The Morgan fingerprint density at radius 1 is 1.40 bits per heavy atom. The molecule has 0 aliphatic rings. The van der Waals surface area contributed by atoms with Crippen molar-refractivity contribution in [1.82, 2.24) is 5.32 Å². The zero-order chi connectivity index (χ0) is 15.3. The molecule has 0 saturated carbocycles. The van der Waals surface area contributed by atoms with Crippen LogP contribution in [0.4, 0.5) is 5.69 Å². The number of amides is 1. The topological polar surface area (TPSA) is 102 Å². The number of methoxy groups -OCH3 is 1. The molecule has 0 spiro atoms. The summed E-state index contributed by atoms with van der Waals surface area (Å²) in [7, 11) is 1.50. The Hall–Kier alpha value is -2.24. The first-order valence-electron chi connectivity index (χ1n) is 6.32. The summed E-state index contributed by atoms with van der Waals surface area (Å²) in [5.41, 5.74) is 6.25. The zero-order valence-electron chi connectivity index (χ0n) is 11.8. The first-order chi connectivity index (χ1) is 9.35. The van der Waals surface area contributed by atoms with Crippen molar-refractivity contribution >= 4 is 17.6 Å². The van der Waals surface area contributed by atoms with Crippen LogP contribution in [0, 0.1) is 5.92 Å². The number of anilines is 1. The van der Waals surface area contributed by atoms with Gasteiger partial charge in [-0.15, -0.1) is 0 Å². The maximum absolute atomic E-state index is 12.1. The molecular weight excluding hydrogens is 260 g/mol. The van der Waals surface area contributed by atoms with Gasteiger partial charge in [-0.2, -0.15) is 0 Å². The van der Waals surface area contributed by atoms with Gasteiger partial charge in [0.1, 0.15) is 11.8 Å². The maximum Gasteiger partial charge on any atom is 0.326 e. The van der Waals surface area contributed by atoms with Gasteiger partial charge in [0, 0.05) is 11.8 Å². The molecule has 110 valence electrons. The summed E-state index contributed by atoms with van der Waals surface area (Å²) in [5, 5.41) is 11.6. The Morgan fingerprint density at radius 2 is 2.05 bits per heavy atom. The van der Waals surface area contributed by atoms with Gasteiger partial charge in [0.2, 0.25) is 0 Å². The van der Waals surface area contributed by atoms with E-state index in [0.717, 1.165) is 0 Å². The highest BCUT2D eigenvalue weighted by Gasteiger charge is 2.22. The van der Waals surface area contributed by atoms with Crippen molar-refractivity contribution in [3.05, 3.63) is 23.8 Å². The predicted molar refractivity (Wildman–Crippen MR) is 75.8 cm³/mol. The highest BCUT2D eigenvalue weighted by atomic mass is 16.5. The lowest BCUT2D eigenvalue weighted by atomic mass is 10.0. The SMILES string of the molecule is COc1ccc(C(=O)NC(CC(C)C)C(=O)O)c(N)c1. The molecule has 4 N–H and O–H groups in total. The second-order valence-corrected chi connectivity index (χ2v) is 4.95. The van der Waals surface area contributed by atoms with Crippen LogP contribution < -0.4 is 15.8 Å². The smallest absolute Gasteiger partial charge is 0.326 e. The van der Waals surface area contributed by atoms with Crippen molar-refractivity contribution < 1.29 is 19.4 Å². The minimum Gasteiger partial charge on any atom is -0.497 e. The molecule has 0 bridgehead atoms. The van der Waals surface area contributed by atoms with Crippen LogP contribution in [0.25, 0.3) is 0 Å². The number of hydrogen-bond acceptors (Lipinski definition) is 4. The number of carbonyl (C=O) groups excluding carboxylic acids is 1. The second kappa shape index (κ2) is 6.79. The van der Waals surface area contributed by atoms with Gasteiger partial charge in [-0.25, -0.2) is 4.79 Å². The summed E-state index contributed by atoms with van der Waals surface area (Å²) in [6.07, 6.45) is 0.358. The van der Waals surface area contributed by atoms with E-state index in [1.807, 2.05) is 13.8 Å². The molecule has 1 unspecified atom stereocenters. The van der Waals surface area contributed by atoms with Crippen molar-refractivity contribution in [2.75, 3.05) is 12.8 Å². The van der Waals surface area contributed by atoms with E-state index < -0.39 is 17.9 Å². The van der Waals surface area contributed by atoms with E-state index in [1.54, 1.807) is 6.07 Å². The molecule has 0 aliphatic heterocycles. The molecule has 0 radical (unpaired) electrons. The number of carboxylic acids is 1. The van der Waals surface area contributed by atoms with Gasteiger partial charge in [-0.3, -0.25) is 4.79 Å². The number of hydrogen-bond donors (Lipinski definition) is 3. The number of ether oxygens (including phenoxy) is 1. The average molecular weight is 280 g/mol. The van der Waals surface area contributed by atoms with Gasteiger partial charge in [-0.1, -0.05) is 13.8 Å². The van der Waals surface area contributed by atoms with E-state index in [9.17, 15) is 9.59 Å². The summed E-state index contributed by atoms with van der Waals surface area (Å²) in [6.45, 7) is 3.79. The Kier molecular flexibility index (Phi) is 5.37. The number of rotatable bonds is 6. The van der Waals surface area contributed by atoms with Crippen LogP contribution in [-0.2, 0) is 4.79 Å². The fourth-order valence-electron chi connectivity index (χ4n) is 1.80. The number of carbonyl (C=O) groups is 2. The molecule has 0 aliphatic carbocycles. The van der Waals surface area contributed by atoms with Crippen LogP contribution in [0.1, 0.15) is 30.6 Å². The Labute approximate surface area is 117 Å². The van der Waals surface area contributed by atoms with E-state index in [-0.39, 0.29) is 17.2 Å². The zero-order valence-corrected chi connectivity index (χ0v) is 11.8. The molecule has 0 fully saturated rings. The Balaban J connectivity index is 2.86. The van der Waals surface area contributed by atoms with Crippen LogP contribution in [0.15, 0.2) is 18.2 Å². The van der Waals surface area contributed by atoms with E-state index >= 15 is 0 Å².